The summed E-state index contributed by atoms with van der Waals surface area (Å²) >= 11 is 6.80. The normalized spacial score (nSPS) is 16.0. The van der Waals surface area contributed by atoms with Gasteiger partial charge in [0, 0.05) is 19.8 Å². The molecule has 0 aromatic heterocycles. The van der Waals surface area contributed by atoms with Gasteiger partial charge in [-0.2, -0.15) is 0 Å². The quantitative estimate of drug-likeness (QED) is 0.575. The highest BCUT2D eigenvalue weighted by Crippen LogP contribution is 2.36. The topological polar surface area (TPSA) is 23.6 Å². The molecule has 0 unspecified atom stereocenters. The van der Waals surface area contributed by atoms with E-state index >= 15 is 0 Å². The molecule has 5 heteroatoms. The van der Waals surface area contributed by atoms with Crippen LogP contribution in [0.15, 0.2) is 47.4 Å². The third-order valence-electron chi connectivity index (χ3n) is 4.25. The fraction of sp³-hybridized carbons (Fsp3) is 0.200. The number of nitrogens with zero attached hydrogens (tertiary/aromatic N) is 2. The van der Waals surface area contributed by atoms with Gasteiger partial charge in [-0.05, 0) is 60.9 Å². The first kappa shape index (κ1) is 17.7. The second-order valence-corrected chi connectivity index (χ2v) is 7.95. The number of rotatable bonds is 3. The van der Waals surface area contributed by atoms with Crippen molar-refractivity contribution in [1.29, 1.82) is 0 Å². The zero-order chi connectivity index (χ0) is 18.1. The Morgan fingerprint density at radius 3 is 2.32 bits per heavy atom. The van der Waals surface area contributed by atoms with Crippen molar-refractivity contribution in [3.05, 3.63) is 64.1 Å². The minimum atomic E-state index is -0.0602. The molecule has 1 amide bonds. The van der Waals surface area contributed by atoms with E-state index in [4.69, 9.17) is 12.2 Å². The van der Waals surface area contributed by atoms with E-state index in [0.717, 1.165) is 22.5 Å². The van der Waals surface area contributed by atoms with Gasteiger partial charge in [0.25, 0.3) is 5.91 Å². The van der Waals surface area contributed by atoms with E-state index in [1.807, 2.05) is 74.5 Å². The second-order valence-electron chi connectivity index (χ2n) is 6.27. The summed E-state index contributed by atoms with van der Waals surface area (Å²) in [5.41, 5.74) is 5.29. The molecule has 128 valence electrons. The fourth-order valence-corrected chi connectivity index (χ4v) is 3.87. The standard InChI is InChI=1S/C20H20N2OS2/c1-13-5-8-17(11-14(13)2)22-19(23)18(25-20(22)24)12-15-6-9-16(10-7-15)21(3)4/h5-12H,1-4H3. The minimum absolute atomic E-state index is 0.0602. The molecule has 25 heavy (non-hydrogen) atoms. The highest BCUT2D eigenvalue weighted by Gasteiger charge is 2.33. The van der Waals surface area contributed by atoms with Gasteiger partial charge in [0.15, 0.2) is 4.32 Å². The molecule has 0 N–H and O–H groups in total. The molecule has 0 saturated carbocycles. The van der Waals surface area contributed by atoms with E-state index < -0.39 is 0 Å². The van der Waals surface area contributed by atoms with Gasteiger partial charge in [0.05, 0.1) is 10.6 Å². The Hall–Kier alpha value is -2.11. The van der Waals surface area contributed by atoms with Crippen molar-refractivity contribution in [3.8, 4) is 0 Å². The van der Waals surface area contributed by atoms with Crippen molar-refractivity contribution < 1.29 is 4.79 Å². The molecule has 3 nitrogen and oxygen atoms in total. The Morgan fingerprint density at radius 2 is 1.72 bits per heavy atom. The van der Waals surface area contributed by atoms with E-state index in [-0.39, 0.29) is 5.91 Å². The summed E-state index contributed by atoms with van der Waals surface area (Å²) in [5.74, 6) is -0.0602. The maximum Gasteiger partial charge on any atom is 0.270 e. The molecule has 2 aromatic rings. The number of carbonyl (C=O) groups excluding carboxylic acids is 1. The van der Waals surface area contributed by atoms with Crippen LogP contribution in [0.4, 0.5) is 11.4 Å². The Labute approximate surface area is 158 Å². The number of benzene rings is 2. The summed E-state index contributed by atoms with van der Waals surface area (Å²) in [4.78, 5) is 17.1. The zero-order valence-electron chi connectivity index (χ0n) is 14.7. The summed E-state index contributed by atoms with van der Waals surface area (Å²) in [5, 5.41) is 0. The number of aryl methyl sites for hydroxylation is 2. The summed E-state index contributed by atoms with van der Waals surface area (Å²) < 4.78 is 0.574. The SMILES string of the molecule is Cc1ccc(N2C(=O)C(=Cc3ccc(N(C)C)cc3)SC2=S)cc1C. The van der Waals surface area contributed by atoms with Crippen LogP contribution in [0.1, 0.15) is 16.7 Å². The van der Waals surface area contributed by atoms with Gasteiger partial charge in [-0.1, -0.05) is 42.2 Å². The summed E-state index contributed by atoms with van der Waals surface area (Å²) in [7, 11) is 4.01. The predicted molar refractivity (Wildman–Crippen MR) is 112 cm³/mol. The molecule has 2 aromatic carbocycles. The molecule has 1 heterocycles. The first-order valence-corrected chi connectivity index (χ1v) is 9.22. The van der Waals surface area contributed by atoms with Crippen LogP contribution in [-0.4, -0.2) is 24.3 Å². The van der Waals surface area contributed by atoms with Crippen molar-refractivity contribution in [3.63, 3.8) is 0 Å². The van der Waals surface area contributed by atoms with E-state index in [9.17, 15) is 4.79 Å². The maximum atomic E-state index is 12.8. The molecule has 0 atom stereocenters. The average molecular weight is 369 g/mol. The number of hydrogen-bond donors (Lipinski definition) is 0. The number of thioether (sulfide) groups is 1. The highest BCUT2D eigenvalue weighted by molar-refractivity contribution is 8.27. The van der Waals surface area contributed by atoms with Crippen LogP contribution in [0.5, 0.6) is 0 Å². The van der Waals surface area contributed by atoms with E-state index in [0.29, 0.717) is 9.23 Å². The van der Waals surface area contributed by atoms with E-state index in [2.05, 4.69) is 6.92 Å². The van der Waals surface area contributed by atoms with Crippen LogP contribution in [0, 0.1) is 13.8 Å². The Balaban J connectivity index is 1.88. The highest BCUT2D eigenvalue weighted by atomic mass is 32.2. The molecule has 1 saturated heterocycles. The van der Waals surface area contributed by atoms with E-state index in [1.54, 1.807) is 4.90 Å². The lowest BCUT2D eigenvalue weighted by Crippen LogP contribution is -2.27. The third-order valence-corrected chi connectivity index (χ3v) is 5.55. The number of hydrogen-bond acceptors (Lipinski definition) is 4. The number of thiocarbonyl (C=S) groups is 1. The molecule has 0 bridgehead atoms. The summed E-state index contributed by atoms with van der Waals surface area (Å²) in [6, 6.07) is 14.1. The van der Waals surface area contributed by atoms with Crippen LogP contribution < -0.4 is 9.80 Å². The number of amides is 1. The van der Waals surface area contributed by atoms with Gasteiger partial charge in [-0.25, -0.2) is 0 Å². The Kier molecular flexibility index (Phi) is 4.97. The van der Waals surface area contributed by atoms with Crippen molar-refractivity contribution >= 4 is 51.7 Å². The van der Waals surface area contributed by atoms with Crippen molar-refractivity contribution in [2.24, 2.45) is 0 Å². The molecule has 3 rings (SSSR count). The van der Waals surface area contributed by atoms with Gasteiger partial charge < -0.3 is 4.90 Å². The minimum Gasteiger partial charge on any atom is -0.378 e. The summed E-state index contributed by atoms with van der Waals surface area (Å²) in [6.07, 6.45) is 1.90. The first-order chi connectivity index (χ1) is 11.9. The molecule has 0 radical (unpaired) electrons. The molecule has 0 aliphatic carbocycles. The lowest BCUT2D eigenvalue weighted by molar-refractivity contribution is -0.113. The lowest BCUT2D eigenvalue weighted by atomic mass is 10.1. The fourth-order valence-electron chi connectivity index (χ4n) is 2.58. The van der Waals surface area contributed by atoms with Crippen molar-refractivity contribution in [2.75, 3.05) is 23.9 Å². The average Bonchev–Trinajstić information content (AvgIpc) is 2.85. The van der Waals surface area contributed by atoms with Crippen molar-refractivity contribution in [2.45, 2.75) is 13.8 Å². The Morgan fingerprint density at radius 1 is 1.04 bits per heavy atom. The molecular formula is C20H20N2OS2. The van der Waals surface area contributed by atoms with Gasteiger partial charge in [0.2, 0.25) is 0 Å². The monoisotopic (exact) mass is 368 g/mol. The predicted octanol–water partition coefficient (Wildman–Crippen LogP) is 4.78. The summed E-state index contributed by atoms with van der Waals surface area (Å²) in [6.45, 7) is 4.10. The van der Waals surface area contributed by atoms with E-state index in [1.165, 1.54) is 17.3 Å². The molecule has 0 spiro atoms. The van der Waals surface area contributed by atoms with Crippen molar-refractivity contribution in [1.82, 2.24) is 0 Å². The van der Waals surface area contributed by atoms with Crippen LogP contribution in [0.2, 0.25) is 0 Å². The van der Waals surface area contributed by atoms with Crippen LogP contribution in [0.25, 0.3) is 6.08 Å². The zero-order valence-corrected chi connectivity index (χ0v) is 16.4. The van der Waals surface area contributed by atoms with Gasteiger partial charge in [-0.3, -0.25) is 9.69 Å². The largest absolute Gasteiger partial charge is 0.378 e. The van der Waals surface area contributed by atoms with Crippen LogP contribution in [0.3, 0.4) is 0 Å². The third kappa shape index (κ3) is 3.62. The molecular weight excluding hydrogens is 348 g/mol. The first-order valence-electron chi connectivity index (χ1n) is 7.99. The number of anilines is 2. The smallest absolute Gasteiger partial charge is 0.270 e. The maximum absolute atomic E-state index is 12.8. The Bertz CT molecular complexity index is 870. The van der Waals surface area contributed by atoms with Crippen LogP contribution in [-0.2, 0) is 4.79 Å². The van der Waals surface area contributed by atoms with Gasteiger partial charge >= 0.3 is 0 Å². The van der Waals surface area contributed by atoms with Gasteiger partial charge in [0.1, 0.15) is 0 Å². The second kappa shape index (κ2) is 7.02. The number of carbonyl (C=O) groups is 1. The molecule has 1 aliphatic rings. The molecule has 1 fully saturated rings. The van der Waals surface area contributed by atoms with Crippen LogP contribution >= 0.6 is 24.0 Å². The lowest BCUT2D eigenvalue weighted by Gasteiger charge is -2.16. The van der Waals surface area contributed by atoms with Gasteiger partial charge in [-0.15, -0.1) is 0 Å². The molecule has 1 aliphatic heterocycles.